The van der Waals surface area contributed by atoms with Crippen LogP contribution in [0.25, 0.3) is 5.65 Å². The van der Waals surface area contributed by atoms with Gasteiger partial charge in [0.15, 0.2) is 0 Å². The molecule has 1 N–H and O–H groups in total. The first-order chi connectivity index (χ1) is 13.5. The molecule has 7 nitrogen and oxygen atoms in total. The maximum atomic E-state index is 13.1. The van der Waals surface area contributed by atoms with Crippen molar-refractivity contribution in [1.29, 1.82) is 0 Å². The van der Waals surface area contributed by atoms with Gasteiger partial charge in [-0.2, -0.15) is 4.40 Å². The number of aryl methyl sites for hydroxylation is 1. The summed E-state index contributed by atoms with van der Waals surface area (Å²) in [4.78, 5) is 21.1. The molecule has 4 rings (SSSR count). The van der Waals surface area contributed by atoms with Crippen molar-refractivity contribution in [1.82, 2.24) is 14.4 Å². The SMILES string of the molecule is Cc1cccnc1NC(=O)c1c([O-])[n+](Cc2ccc(Cl)nc2)c2ccccn12. The van der Waals surface area contributed by atoms with Gasteiger partial charge in [-0.15, -0.1) is 0 Å². The summed E-state index contributed by atoms with van der Waals surface area (Å²) >= 11 is 5.83. The molecule has 0 bridgehead atoms. The van der Waals surface area contributed by atoms with E-state index in [0.717, 1.165) is 11.1 Å². The first-order valence-electron chi connectivity index (χ1n) is 8.58. The zero-order valence-corrected chi connectivity index (χ0v) is 15.7. The number of nitrogens with zero attached hydrogens (tertiary/aromatic N) is 4. The predicted molar refractivity (Wildman–Crippen MR) is 102 cm³/mol. The molecular weight excluding hydrogens is 378 g/mol. The Morgan fingerprint density at radius 1 is 1.21 bits per heavy atom. The van der Waals surface area contributed by atoms with E-state index in [9.17, 15) is 9.90 Å². The van der Waals surface area contributed by atoms with Crippen LogP contribution in [0.3, 0.4) is 0 Å². The number of anilines is 1. The molecule has 0 radical (unpaired) electrons. The Bertz CT molecular complexity index is 1170. The fourth-order valence-electron chi connectivity index (χ4n) is 3.00. The molecule has 28 heavy (non-hydrogen) atoms. The van der Waals surface area contributed by atoms with Crippen LogP contribution in [0.2, 0.25) is 5.15 Å². The van der Waals surface area contributed by atoms with Crippen LogP contribution in [0.15, 0.2) is 61.1 Å². The number of rotatable bonds is 4. The van der Waals surface area contributed by atoms with Gasteiger partial charge in [0.1, 0.15) is 23.4 Å². The number of fused-ring (bicyclic) bond motifs is 1. The Balaban J connectivity index is 1.76. The van der Waals surface area contributed by atoms with Crippen molar-refractivity contribution in [3.8, 4) is 5.88 Å². The van der Waals surface area contributed by atoms with E-state index >= 15 is 0 Å². The van der Waals surface area contributed by atoms with Crippen LogP contribution < -0.4 is 15.0 Å². The lowest BCUT2D eigenvalue weighted by atomic mass is 10.3. The van der Waals surface area contributed by atoms with Crippen molar-refractivity contribution in [3.63, 3.8) is 0 Å². The predicted octanol–water partition coefficient (Wildman–Crippen LogP) is 2.35. The Labute approximate surface area is 165 Å². The number of carbonyl (C=O) groups is 1. The zero-order valence-electron chi connectivity index (χ0n) is 15.0. The van der Waals surface area contributed by atoms with Crippen LogP contribution in [0.1, 0.15) is 21.6 Å². The van der Waals surface area contributed by atoms with E-state index in [4.69, 9.17) is 11.6 Å². The highest BCUT2D eigenvalue weighted by Crippen LogP contribution is 2.18. The van der Waals surface area contributed by atoms with E-state index in [1.807, 2.05) is 19.1 Å². The fourth-order valence-corrected chi connectivity index (χ4v) is 3.12. The molecule has 0 aliphatic heterocycles. The van der Waals surface area contributed by atoms with Crippen molar-refractivity contribution >= 4 is 29.0 Å². The second-order valence-corrected chi connectivity index (χ2v) is 6.67. The van der Waals surface area contributed by atoms with Gasteiger partial charge in [-0.3, -0.25) is 4.79 Å². The number of pyridine rings is 3. The Hall–Kier alpha value is -3.45. The minimum absolute atomic E-state index is 0.0163. The summed E-state index contributed by atoms with van der Waals surface area (Å²) in [5.41, 5.74) is 2.23. The van der Waals surface area contributed by atoms with Gasteiger partial charge in [-0.25, -0.2) is 14.5 Å². The fraction of sp³-hybridized carbons (Fsp3) is 0.100. The normalized spacial score (nSPS) is 10.9. The highest BCUT2D eigenvalue weighted by atomic mass is 35.5. The summed E-state index contributed by atoms with van der Waals surface area (Å²) < 4.78 is 3.12. The Kier molecular flexibility index (Phi) is 4.67. The van der Waals surface area contributed by atoms with Gasteiger partial charge in [0, 0.05) is 24.0 Å². The van der Waals surface area contributed by atoms with Gasteiger partial charge in [0.25, 0.3) is 11.6 Å². The standard InChI is InChI=1S/C20H16ClN5O2/c1-13-5-4-9-22-18(13)24-19(27)17-20(28)26(16-6-2-3-10-25(16)17)12-14-7-8-15(21)23-11-14/h2-11H,12H2,1H3,(H-,22,24,27,28). The van der Waals surface area contributed by atoms with E-state index in [-0.39, 0.29) is 12.2 Å². The quantitative estimate of drug-likeness (QED) is 0.426. The second kappa shape index (κ2) is 7.28. The molecule has 4 heterocycles. The van der Waals surface area contributed by atoms with Crippen molar-refractivity contribution in [3.05, 3.63) is 83.0 Å². The third-order valence-electron chi connectivity index (χ3n) is 4.39. The van der Waals surface area contributed by atoms with Gasteiger partial charge in [0.05, 0.1) is 6.20 Å². The van der Waals surface area contributed by atoms with E-state index in [0.29, 0.717) is 16.6 Å². The molecule has 0 atom stereocenters. The summed E-state index contributed by atoms with van der Waals surface area (Å²) in [7, 11) is 0. The molecule has 0 aromatic carbocycles. The van der Waals surface area contributed by atoms with Crippen molar-refractivity contribution in [2.45, 2.75) is 13.5 Å². The maximum Gasteiger partial charge on any atom is 0.300 e. The van der Waals surface area contributed by atoms with Crippen molar-refractivity contribution < 1.29 is 14.5 Å². The zero-order chi connectivity index (χ0) is 19.7. The molecule has 0 aliphatic carbocycles. The first kappa shape index (κ1) is 17.9. The first-order valence-corrected chi connectivity index (χ1v) is 8.95. The van der Waals surface area contributed by atoms with Crippen LogP contribution in [-0.4, -0.2) is 20.3 Å². The van der Waals surface area contributed by atoms with Crippen LogP contribution in [-0.2, 0) is 6.54 Å². The lowest BCUT2D eigenvalue weighted by Gasteiger charge is -2.08. The van der Waals surface area contributed by atoms with E-state index < -0.39 is 11.8 Å². The molecule has 8 heteroatoms. The molecule has 0 saturated heterocycles. The van der Waals surface area contributed by atoms with E-state index in [1.165, 1.54) is 4.57 Å². The number of nitrogens with one attached hydrogen (secondary N) is 1. The van der Waals surface area contributed by atoms with Gasteiger partial charge >= 0.3 is 0 Å². The number of hydrogen-bond donors (Lipinski definition) is 1. The van der Waals surface area contributed by atoms with Gasteiger partial charge in [0.2, 0.25) is 5.69 Å². The molecular formula is C20H16ClN5O2. The minimum Gasteiger partial charge on any atom is -0.839 e. The van der Waals surface area contributed by atoms with E-state index in [2.05, 4.69) is 15.3 Å². The van der Waals surface area contributed by atoms with E-state index in [1.54, 1.807) is 53.3 Å². The maximum absolute atomic E-state index is 13.1. The summed E-state index contributed by atoms with van der Waals surface area (Å²) in [5.74, 6) is -0.487. The highest BCUT2D eigenvalue weighted by Gasteiger charge is 2.26. The number of carbonyl (C=O) groups excluding carboxylic acids is 1. The van der Waals surface area contributed by atoms with Gasteiger partial charge < -0.3 is 10.4 Å². The molecule has 140 valence electrons. The van der Waals surface area contributed by atoms with Gasteiger partial charge in [-0.05, 0) is 30.7 Å². The van der Waals surface area contributed by atoms with Crippen molar-refractivity contribution in [2.24, 2.45) is 0 Å². The monoisotopic (exact) mass is 393 g/mol. The number of aromatic nitrogens is 4. The summed E-state index contributed by atoms with van der Waals surface area (Å²) in [6, 6.07) is 12.4. The highest BCUT2D eigenvalue weighted by molar-refractivity contribution is 6.29. The Morgan fingerprint density at radius 2 is 2.07 bits per heavy atom. The van der Waals surface area contributed by atoms with Crippen LogP contribution >= 0.6 is 11.6 Å². The number of halogens is 1. The summed E-state index contributed by atoms with van der Waals surface area (Å²) in [5, 5.41) is 16.2. The Morgan fingerprint density at radius 3 is 2.82 bits per heavy atom. The second-order valence-electron chi connectivity index (χ2n) is 6.28. The summed E-state index contributed by atoms with van der Waals surface area (Å²) in [6.45, 7) is 2.11. The minimum atomic E-state index is -0.513. The average Bonchev–Trinajstić information content (AvgIpc) is 2.97. The molecule has 0 aliphatic rings. The van der Waals surface area contributed by atoms with Crippen LogP contribution in [0, 0.1) is 6.92 Å². The lowest BCUT2D eigenvalue weighted by Crippen LogP contribution is -2.37. The van der Waals surface area contributed by atoms with Gasteiger partial charge in [-0.1, -0.05) is 29.8 Å². The topological polar surface area (TPSA) is 86.2 Å². The molecule has 4 aromatic heterocycles. The molecule has 0 unspecified atom stereocenters. The van der Waals surface area contributed by atoms with Crippen LogP contribution in [0.4, 0.5) is 5.82 Å². The summed E-state index contributed by atoms with van der Waals surface area (Å²) in [6.07, 6.45) is 4.89. The number of imidazole rings is 1. The molecule has 1 amide bonds. The number of amides is 1. The largest absolute Gasteiger partial charge is 0.839 e. The van der Waals surface area contributed by atoms with Crippen LogP contribution in [0.5, 0.6) is 5.88 Å². The van der Waals surface area contributed by atoms with Crippen molar-refractivity contribution in [2.75, 3.05) is 5.32 Å². The molecule has 0 spiro atoms. The molecule has 0 fully saturated rings. The third-order valence-corrected chi connectivity index (χ3v) is 4.61. The molecule has 4 aromatic rings. The smallest absolute Gasteiger partial charge is 0.300 e. The average molecular weight is 394 g/mol. The molecule has 0 saturated carbocycles. The number of hydrogen-bond acceptors (Lipinski definition) is 4. The third kappa shape index (κ3) is 3.27. The lowest BCUT2D eigenvalue weighted by molar-refractivity contribution is -0.704.